The number of aromatic nitrogens is 4. The molecule has 0 aliphatic rings. The first kappa shape index (κ1) is 20.5. The number of benzene rings is 2. The van der Waals surface area contributed by atoms with E-state index in [0.717, 1.165) is 28.3 Å². The molecular formula is C22H21FN6OS. The molecule has 31 heavy (non-hydrogen) atoms. The fraction of sp³-hybridized carbons (Fsp3) is 0.136. The Morgan fingerprint density at radius 3 is 2.16 bits per heavy atom. The van der Waals surface area contributed by atoms with E-state index < -0.39 is 0 Å². The van der Waals surface area contributed by atoms with E-state index in [1.807, 2.05) is 41.3 Å². The van der Waals surface area contributed by atoms with Gasteiger partial charge in [0, 0.05) is 12.4 Å². The van der Waals surface area contributed by atoms with Gasteiger partial charge in [0.1, 0.15) is 11.6 Å². The molecule has 7 nitrogen and oxygen atoms in total. The van der Waals surface area contributed by atoms with Crippen molar-refractivity contribution in [3.8, 4) is 5.75 Å². The van der Waals surface area contributed by atoms with Crippen LogP contribution in [0.25, 0.3) is 0 Å². The van der Waals surface area contributed by atoms with E-state index in [1.165, 1.54) is 12.1 Å². The Hall–Kier alpha value is -3.72. The Labute approximate surface area is 184 Å². The van der Waals surface area contributed by atoms with Gasteiger partial charge in [-0.05, 0) is 47.6 Å². The summed E-state index contributed by atoms with van der Waals surface area (Å²) < 4.78 is 21.9. The summed E-state index contributed by atoms with van der Waals surface area (Å²) in [5.74, 6) is 0.558. The van der Waals surface area contributed by atoms with E-state index in [-0.39, 0.29) is 5.82 Å². The summed E-state index contributed by atoms with van der Waals surface area (Å²) >= 11 is 5.39. The van der Waals surface area contributed by atoms with Crippen LogP contribution in [0.3, 0.4) is 0 Å². The average molecular weight is 437 g/mol. The van der Waals surface area contributed by atoms with Gasteiger partial charge in [-0.1, -0.05) is 24.3 Å². The molecule has 0 atom stereocenters. The normalized spacial score (nSPS) is 10.6. The van der Waals surface area contributed by atoms with Crippen LogP contribution in [0.15, 0.2) is 73.3 Å². The number of nitrogens with one attached hydrogen (secondary N) is 2. The number of rotatable bonds is 7. The number of hydrogen-bond acceptors (Lipinski definition) is 4. The fourth-order valence-electron chi connectivity index (χ4n) is 3.06. The quantitative estimate of drug-likeness (QED) is 0.425. The molecule has 4 aromatic rings. The minimum Gasteiger partial charge on any atom is -0.497 e. The Bertz CT molecular complexity index is 1170. The van der Waals surface area contributed by atoms with Crippen molar-refractivity contribution >= 4 is 28.7 Å². The molecule has 2 aromatic carbocycles. The predicted octanol–water partition coefficient (Wildman–Crippen LogP) is 4.13. The molecular weight excluding hydrogens is 415 g/mol. The lowest BCUT2D eigenvalue weighted by Gasteiger charge is -2.07. The zero-order valence-corrected chi connectivity index (χ0v) is 17.6. The Kier molecular flexibility index (Phi) is 6.23. The first-order valence-corrected chi connectivity index (χ1v) is 9.98. The third-order valence-electron chi connectivity index (χ3n) is 4.52. The van der Waals surface area contributed by atoms with E-state index in [1.54, 1.807) is 36.3 Å². The number of ether oxygens (including phenoxy) is 1. The Morgan fingerprint density at radius 2 is 1.55 bits per heavy atom. The van der Waals surface area contributed by atoms with Crippen molar-refractivity contribution in [2.24, 2.45) is 0 Å². The second-order valence-electron chi connectivity index (χ2n) is 6.91. The van der Waals surface area contributed by atoms with Crippen LogP contribution in [0.2, 0.25) is 0 Å². The molecule has 0 unspecified atom stereocenters. The van der Waals surface area contributed by atoms with Crippen LogP contribution >= 0.6 is 12.2 Å². The second-order valence-corrected chi connectivity index (χ2v) is 7.32. The van der Waals surface area contributed by atoms with Gasteiger partial charge in [-0.3, -0.25) is 9.36 Å². The number of methoxy groups -OCH3 is 1. The first-order valence-electron chi connectivity index (χ1n) is 9.58. The highest BCUT2D eigenvalue weighted by Gasteiger charge is 2.06. The Balaban J connectivity index is 1.31. The zero-order valence-electron chi connectivity index (χ0n) is 16.8. The minimum absolute atomic E-state index is 0.255. The highest BCUT2D eigenvalue weighted by atomic mass is 32.1. The topological polar surface area (TPSA) is 68.9 Å². The molecule has 0 saturated carbocycles. The molecule has 9 heteroatoms. The molecule has 2 heterocycles. The molecule has 4 rings (SSSR count). The summed E-state index contributed by atoms with van der Waals surface area (Å²) in [6.45, 7) is 1.16. The van der Waals surface area contributed by atoms with Gasteiger partial charge in [0.2, 0.25) is 0 Å². The molecule has 0 saturated heterocycles. The van der Waals surface area contributed by atoms with Crippen molar-refractivity contribution in [1.82, 2.24) is 19.6 Å². The number of hydrogen-bond donors (Lipinski definition) is 2. The monoisotopic (exact) mass is 436 g/mol. The summed E-state index contributed by atoms with van der Waals surface area (Å²) in [5, 5.41) is 15.3. The average Bonchev–Trinajstić information content (AvgIpc) is 3.39. The van der Waals surface area contributed by atoms with Crippen LogP contribution < -0.4 is 15.4 Å². The molecule has 2 N–H and O–H groups in total. The predicted molar refractivity (Wildman–Crippen MR) is 122 cm³/mol. The first-order chi connectivity index (χ1) is 15.1. The van der Waals surface area contributed by atoms with Crippen LogP contribution in [0, 0.1) is 5.82 Å². The molecule has 0 fully saturated rings. The van der Waals surface area contributed by atoms with Crippen molar-refractivity contribution in [1.29, 1.82) is 0 Å². The fourth-order valence-corrected chi connectivity index (χ4v) is 3.29. The van der Waals surface area contributed by atoms with Crippen molar-refractivity contribution in [2.45, 2.75) is 13.1 Å². The highest BCUT2D eigenvalue weighted by Crippen LogP contribution is 2.15. The number of nitrogens with zero attached hydrogens (tertiary/aromatic N) is 4. The maximum atomic E-state index is 13.0. The van der Waals surface area contributed by atoms with E-state index in [9.17, 15) is 4.39 Å². The van der Waals surface area contributed by atoms with E-state index >= 15 is 0 Å². The van der Waals surface area contributed by atoms with Gasteiger partial charge in [0.05, 0.1) is 44.0 Å². The summed E-state index contributed by atoms with van der Waals surface area (Å²) in [6, 6.07) is 14.2. The van der Waals surface area contributed by atoms with Crippen molar-refractivity contribution in [3.63, 3.8) is 0 Å². The third kappa shape index (κ3) is 5.67. The summed E-state index contributed by atoms with van der Waals surface area (Å²) in [5.41, 5.74) is 3.57. The lowest BCUT2D eigenvalue weighted by molar-refractivity contribution is 0.414. The molecule has 0 aliphatic heterocycles. The van der Waals surface area contributed by atoms with Crippen molar-refractivity contribution in [2.75, 3.05) is 17.7 Å². The van der Waals surface area contributed by atoms with Gasteiger partial charge in [0.15, 0.2) is 5.11 Å². The van der Waals surface area contributed by atoms with Crippen molar-refractivity contribution < 1.29 is 9.13 Å². The van der Waals surface area contributed by atoms with Crippen LogP contribution in [0.1, 0.15) is 11.1 Å². The second kappa shape index (κ2) is 9.40. The van der Waals surface area contributed by atoms with Crippen LogP contribution in [-0.2, 0) is 13.1 Å². The van der Waals surface area contributed by atoms with Gasteiger partial charge in [-0.2, -0.15) is 10.2 Å². The molecule has 2 aromatic heterocycles. The minimum atomic E-state index is -0.255. The number of thiocarbonyl (C=S) groups is 1. The number of anilines is 2. The highest BCUT2D eigenvalue weighted by molar-refractivity contribution is 7.80. The van der Waals surface area contributed by atoms with Gasteiger partial charge in [0.25, 0.3) is 0 Å². The van der Waals surface area contributed by atoms with Gasteiger partial charge in [-0.25, -0.2) is 4.39 Å². The summed E-state index contributed by atoms with van der Waals surface area (Å²) in [6.07, 6.45) is 7.12. The standard InChI is InChI=1S/C22H21FN6OS/c1-30-21-4-2-3-17(9-21)13-29-15-20(11-25-29)27-22(31)26-19-10-24-28(14-19)12-16-5-7-18(23)8-6-16/h2-11,14-15H,12-13H2,1H3,(H2,26,27,31). The van der Waals surface area contributed by atoms with Gasteiger partial charge in [-0.15, -0.1) is 0 Å². The van der Waals surface area contributed by atoms with Crippen LogP contribution in [0.4, 0.5) is 15.8 Å². The molecule has 158 valence electrons. The van der Waals surface area contributed by atoms with Crippen LogP contribution in [0.5, 0.6) is 5.75 Å². The van der Waals surface area contributed by atoms with Gasteiger partial charge >= 0.3 is 0 Å². The SMILES string of the molecule is COc1cccc(Cn2cc(NC(=S)Nc3cnn(Cc4ccc(F)cc4)c3)cn2)c1. The maximum absolute atomic E-state index is 13.0. The van der Waals surface area contributed by atoms with E-state index in [4.69, 9.17) is 17.0 Å². The zero-order chi connectivity index (χ0) is 21.6. The van der Waals surface area contributed by atoms with Crippen molar-refractivity contribution in [3.05, 3.63) is 90.3 Å². The lowest BCUT2D eigenvalue weighted by Crippen LogP contribution is -2.18. The number of halogens is 1. The largest absolute Gasteiger partial charge is 0.497 e. The molecule has 0 amide bonds. The maximum Gasteiger partial charge on any atom is 0.175 e. The molecule has 0 spiro atoms. The smallest absolute Gasteiger partial charge is 0.175 e. The third-order valence-corrected chi connectivity index (χ3v) is 4.72. The molecule has 0 bridgehead atoms. The Morgan fingerprint density at radius 1 is 0.935 bits per heavy atom. The summed E-state index contributed by atoms with van der Waals surface area (Å²) in [7, 11) is 1.65. The van der Waals surface area contributed by atoms with Gasteiger partial charge < -0.3 is 15.4 Å². The molecule has 0 aliphatic carbocycles. The molecule has 0 radical (unpaired) electrons. The van der Waals surface area contributed by atoms with E-state index in [2.05, 4.69) is 20.8 Å². The summed E-state index contributed by atoms with van der Waals surface area (Å²) in [4.78, 5) is 0. The van der Waals surface area contributed by atoms with Crippen LogP contribution in [-0.4, -0.2) is 31.8 Å². The lowest BCUT2D eigenvalue weighted by atomic mass is 10.2. The van der Waals surface area contributed by atoms with E-state index in [0.29, 0.717) is 18.2 Å².